The molecule has 210 valence electrons. The summed E-state index contributed by atoms with van der Waals surface area (Å²) in [5.74, 6) is -1.59. The van der Waals surface area contributed by atoms with Crippen molar-refractivity contribution in [2.75, 3.05) is 22.9 Å². The fourth-order valence-corrected chi connectivity index (χ4v) is 7.19. The molecular formula is C25H29ClFN4O6PS. The molecule has 0 aromatic heterocycles. The minimum Gasteiger partial charge on any atom is -0.509 e. The first kappa shape index (κ1) is 29.1. The van der Waals surface area contributed by atoms with E-state index in [1.165, 1.54) is 41.3 Å². The van der Waals surface area contributed by atoms with E-state index in [2.05, 4.69) is 14.8 Å². The average molecular weight is 599 g/mol. The maximum atomic E-state index is 14.0. The van der Waals surface area contributed by atoms with Crippen LogP contribution in [0.5, 0.6) is 0 Å². The molecule has 0 spiro atoms. The fraction of sp³-hybridized carbons (Fsp3) is 0.360. The van der Waals surface area contributed by atoms with Crippen molar-refractivity contribution in [2.24, 2.45) is 10.2 Å². The van der Waals surface area contributed by atoms with Gasteiger partial charge in [0.2, 0.25) is 10.0 Å². The number of benzene rings is 2. The van der Waals surface area contributed by atoms with Crippen LogP contribution in [0.2, 0.25) is 5.02 Å². The van der Waals surface area contributed by atoms with Gasteiger partial charge in [-0.25, -0.2) is 12.8 Å². The first-order valence-corrected chi connectivity index (χ1v) is 15.8. The lowest BCUT2D eigenvalue weighted by atomic mass is 9.85. The summed E-state index contributed by atoms with van der Waals surface area (Å²) in [4.78, 5) is 15.2. The van der Waals surface area contributed by atoms with E-state index in [-0.39, 0.29) is 52.0 Å². The molecule has 2 heterocycles. The van der Waals surface area contributed by atoms with Gasteiger partial charge in [-0.3, -0.25) is 14.1 Å². The zero-order valence-electron chi connectivity index (χ0n) is 21.9. The van der Waals surface area contributed by atoms with E-state index in [9.17, 15) is 27.3 Å². The van der Waals surface area contributed by atoms with Crippen molar-refractivity contribution in [2.45, 2.75) is 40.3 Å². The maximum Gasteiger partial charge on any atom is 0.348 e. The number of halogens is 2. The second kappa shape index (κ2) is 10.2. The van der Waals surface area contributed by atoms with Crippen molar-refractivity contribution in [1.82, 2.24) is 4.90 Å². The topological polar surface area (TPSA) is 137 Å². The smallest absolute Gasteiger partial charge is 0.348 e. The normalized spacial score (nSPS) is 21.5. The Balaban J connectivity index is 1.79. The standard InChI is InChI=1S/C25H29ClFN4O6PS/c1-6-37-38(34)19-12-15(30-39(5,35)36)8-10-18(19)28-23(29-38)20-21(32)22(25(2,3)4)31(24(20)33)13-14-7-9-17(27)16(26)11-14/h7-12,22,30,32H,6,13H2,1-5H3,(H,28,29,34). The van der Waals surface area contributed by atoms with Gasteiger partial charge in [0.15, 0.2) is 5.84 Å². The molecule has 2 aliphatic rings. The minimum atomic E-state index is -4.00. The number of sulfonamides is 1. The van der Waals surface area contributed by atoms with Crippen LogP contribution >= 0.6 is 19.1 Å². The number of hydrogen-bond donors (Lipinski definition) is 3. The number of aliphatic hydroxyl groups is 1. The van der Waals surface area contributed by atoms with E-state index >= 15 is 0 Å². The molecule has 2 atom stereocenters. The Morgan fingerprint density at radius 2 is 1.95 bits per heavy atom. The van der Waals surface area contributed by atoms with Crippen LogP contribution in [-0.4, -0.2) is 49.1 Å². The van der Waals surface area contributed by atoms with Gasteiger partial charge in [0.25, 0.3) is 5.91 Å². The van der Waals surface area contributed by atoms with Crippen LogP contribution < -0.4 is 15.3 Å². The third-order valence-electron chi connectivity index (χ3n) is 6.09. The van der Waals surface area contributed by atoms with Gasteiger partial charge in [0.1, 0.15) is 17.1 Å². The molecule has 2 aromatic carbocycles. The molecular weight excluding hydrogens is 570 g/mol. The molecule has 10 nitrogen and oxygen atoms in total. The van der Waals surface area contributed by atoms with Gasteiger partial charge in [-0.2, -0.15) is 4.76 Å². The zero-order valence-corrected chi connectivity index (χ0v) is 24.4. The van der Waals surface area contributed by atoms with Crippen LogP contribution in [0.1, 0.15) is 33.3 Å². The summed E-state index contributed by atoms with van der Waals surface area (Å²) >= 11 is 5.95. The van der Waals surface area contributed by atoms with Gasteiger partial charge in [0, 0.05) is 12.2 Å². The molecule has 0 radical (unpaired) electrons. The predicted octanol–water partition coefficient (Wildman–Crippen LogP) is 4.80. The van der Waals surface area contributed by atoms with E-state index in [1.807, 2.05) is 20.8 Å². The van der Waals surface area contributed by atoms with Crippen LogP contribution in [0.3, 0.4) is 0 Å². The third kappa shape index (κ3) is 5.84. The number of carbonyl (C=O) groups excluding carboxylic acids is 1. The summed E-state index contributed by atoms with van der Waals surface area (Å²) in [5, 5.41) is 14.4. The summed E-state index contributed by atoms with van der Waals surface area (Å²) in [5.41, 5.74) is 0.182. The Kier molecular flexibility index (Phi) is 7.63. The molecule has 0 aliphatic carbocycles. The second-order valence-corrected chi connectivity index (χ2v) is 14.5. The quantitative estimate of drug-likeness (QED) is 0.389. The molecule has 0 saturated heterocycles. The van der Waals surface area contributed by atoms with Gasteiger partial charge in [-0.1, -0.05) is 38.4 Å². The molecule has 0 fully saturated rings. The Hall–Kier alpha value is -2.92. The summed E-state index contributed by atoms with van der Waals surface area (Å²) in [6.45, 7) is 7.20. The van der Waals surface area contributed by atoms with Gasteiger partial charge >= 0.3 is 7.52 Å². The molecule has 1 amide bonds. The van der Waals surface area contributed by atoms with Gasteiger partial charge in [0.05, 0.1) is 34.9 Å². The van der Waals surface area contributed by atoms with Gasteiger partial charge in [-0.15, -0.1) is 0 Å². The highest BCUT2D eigenvalue weighted by molar-refractivity contribution is 7.92. The van der Waals surface area contributed by atoms with E-state index in [0.29, 0.717) is 5.56 Å². The molecule has 0 bridgehead atoms. The number of nitrogens with zero attached hydrogens (tertiary/aromatic N) is 2. The Morgan fingerprint density at radius 1 is 1.26 bits per heavy atom. The SMILES string of the molecule is CCOP1(=O)N=C(C2=C(O)C(C(C)(C)C)N(Cc3ccc(F)c(Cl)c3)C2=O)Nc2ccc(NS(C)(=O)=O)cc21. The molecule has 0 saturated carbocycles. The first-order valence-electron chi connectivity index (χ1n) is 12.0. The third-order valence-corrected chi connectivity index (χ3v) is 9.04. The van der Waals surface area contributed by atoms with Gasteiger partial charge < -0.3 is 19.8 Å². The minimum absolute atomic E-state index is 0.0122. The lowest BCUT2D eigenvalue weighted by Gasteiger charge is -2.35. The van der Waals surface area contributed by atoms with Gasteiger partial charge in [-0.05, 0) is 48.2 Å². The van der Waals surface area contributed by atoms with Crippen molar-refractivity contribution < 1.29 is 31.8 Å². The largest absolute Gasteiger partial charge is 0.509 e. The lowest BCUT2D eigenvalue weighted by Crippen LogP contribution is -2.43. The molecule has 3 N–H and O–H groups in total. The highest BCUT2D eigenvalue weighted by Crippen LogP contribution is 2.53. The highest BCUT2D eigenvalue weighted by Gasteiger charge is 2.48. The number of amidine groups is 1. The predicted molar refractivity (Wildman–Crippen MR) is 150 cm³/mol. The average Bonchev–Trinajstić information content (AvgIpc) is 3.05. The fourth-order valence-electron chi connectivity index (χ4n) is 4.63. The summed E-state index contributed by atoms with van der Waals surface area (Å²) < 4.78 is 63.3. The van der Waals surface area contributed by atoms with E-state index in [1.54, 1.807) is 6.92 Å². The molecule has 39 heavy (non-hydrogen) atoms. The van der Waals surface area contributed by atoms with Crippen molar-refractivity contribution >= 4 is 57.6 Å². The summed E-state index contributed by atoms with van der Waals surface area (Å²) in [6.07, 6.45) is 0.987. The number of aliphatic hydroxyl groups excluding tert-OH is 1. The van der Waals surface area contributed by atoms with Crippen LogP contribution in [0.15, 0.2) is 52.5 Å². The van der Waals surface area contributed by atoms with E-state index in [0.717, 1.165) is 6.26 Å². The molecule has 14 heteroatoms. The second-order valence-electron chi connectivity index (χ2n) is 10.3. The van der Waals surface area contributed by atoms with Crippen molar-refractivity contribution in [1.29, 1.82) is 0 Å². The highest BCUT2D eigenvalue weighted by atomic mass is 35.5. The zero-order chi connectivity index (χ0) is 28.9. The number of amides is 1. The van der Waals surface area contributed by atoms with Crippen LogP contribution in [-0.2, 0) is 30.5 Å². The Labute approximate surface area is 231 Å². The number of hydrogen-bond acceptors (Lipinski definition) is 7. The van der Waals surface area contributed by atoms with Crippen molar-refractivity contribution in [3.63, 3.8) is 0 Å². The van der Waals surface area contributed by atoms with Crippen molar-refractivity contribution in [3.8, 4) is 0 Å². The van der Waals surface area contributed by atoms with Crippen LogP contribution in [0, 0.1) is 11.2 Å². The first-order chi connectivity index (χ1) is 18.0. The Morgan fingerprint density at radius 3 is 2.54 bits per heavy atom. The molecule has 2 aliphatic heterocycles. The summed E-state index contributed by atoms with van der Waals surface area (Å²) in [7, 11) is -7.61. The molecule has 4 rings (SSSR count). The van der Waals surface area contributed by atoms with E-state index in [4.69, 9.17) is 16.1 Å². The number of carbonyl (C=O) groups is 1. The van der Waals surface area contributed by atoms with Crippen molar-refractivity contribution in [3.05, 3.63) is 64.1 Å². The van der Waals surface area contributed by atoms with Crippen LogP contribution in [0.25, 0.3) is 0 Å². The summed E-state index contributed by atoms with van der Waals surface area (Å²) in [6, 6.07) is 7.63. The maximum absolute atomic E-state index is 14.0. The monoisotopic (exact) mass is 598 g/mol. The number of fused-ring (bicyclic) bond motifs is 1. The molecule has 2 aromatic rings. The van der Waals surface area contributed by atoms with Crippen LogP contribution in [0.4, 0.5) is 15.8 Å². The lowest BCUT2D eigenvalue weighted by molar-refractivity contribution is -0.129. The molecule has 2 unspecified atom stereocenters. The number of nitrogens with one attached hydrogen (secondary N) is 2. The Bertz CT molecular complexity index is 1570. The van der Waals surface area contributed by atoms with E-state index < -0.39 is 40.7 Å². The number of anilines is 2. The number of rotatable bonds is 7.